The highest BCUT2D eigenvalue weighted by Gasteiger charge is 2.23. The Morgan fingerprint density at radius 2 is 0.814 bits per heavy atom. The molecule has 0 aliphatic carbocycles. The number of hydrogen-bond acceptors (Lipinski definition) is 4. The Hall–Kier alpha value is -9.03. The van der Waals surface area contributed by atoms with E-state index in [-0.39, 0.29) is 0 Å². The molecule has 0 unspecified atom stereocenters. The highest BCUT2D eigenvalue weighted by atomic mass is 32.1. The average molecular weight is 909 g/mol. The lowest BCUT2D eigenvalue weighted by atomic mass is 9.90. The third-order valence-corrected chi connectivity index (χ3v) is 15.0. The van der Waals surface area contributed by atoms with Crippen molar-refractivity contribution in [1.29, 1.82) is 0 Å². The van der Waals surface area contributed by atoms with Crippen molar-refractivity contribution >= 4 is 74.9 Å². The molecule has 4 nitrogen and oxygen atoms in total. The van der Waals surface area contributed by atoms with E-state index in [9.17, 15) is 0 Å². The summed E-state index contributed by atoms with van der Waals surface area (Å²) in [6.45, 7) is 0. The summed E-state index contributed by atoms with van der Waals surface area (Å²) in [5.41, 5.74) is 13.0. The molecule has 0 atom stereocenters. The minimum absolute atomic E-state index is 0.611. The molecule has 0 fully saturated rings. The van der Waals surface area contributed by atoms with Gasteiger partial charge in [0.25, 0.3) is 0 Å². The molecule has 3 aromatic heterocycles. The molecule has 14 rings (SSSR count). The summed E-state index contributed by atoms with van der Waals surface area (Å²) in [5, 5.41) is 9.70. The maximum Gasteiger partial charge on any atom is 0.164 e. The Labute approximate surface area is 408 Å². The first kappa shape index (κ1) is 40.1. The van der Waals surface area contributed by atoms with E-state index < -0.39 is 0 Å². The predicted molar refractivity (Wildman–Crippen MR) is 295 cm³/mol. The molecule has 0 N–H and O–H groups in total. The molecule has 0 aliphatic heterocycles. The zero-order valence-corrected chi connectivity index (χ0v) is 38.6. The molecular formula is C65H40N4S. The van der Waals surface area contributed by atoms with Crippen LogP contribution in [0.2, 0.25) is 0 Å². The van der Waals surface area contributed by atoms with Crippen LogP contribution in [-0.4, -0.2) is 19.5 Å². The van der Waals surface area contributed by atoms with Crippen LogP contribution < -0.4 is 0 Å². The lowest BCUT2D eigenvalue weighted by Crippen LogP contribution is -2.02. The summed E-state index contributed by atoms with van der Waals surface area (Å²) < 4.78 is 4.93. The fourth-order valence-electron chi connectivity index (χ4n) is 10.5. The van der Waals surface area contributed by atoms with E-state index in [0.29, 0.717) is 17.5 Å². The minimum Gasteiger partial charge on any atom is -0.309 e. The molecule has 0 saturated carbocycles. The number of rotatable bonds is 7. The van der Waals surface area contributed by atoms with E-state index in [0.717, 1.165) is 50.1 Å². The first-order valence-corrected chi connectivity index (χ1v) is 24.5. The van der Waals surface area contributed by atoms with Gasteiger partial charge in [-0.05, 0) is 103 Å². The number of para-hydroxylation sites is 1. The van der Waals surface area contributed by atoms with E-state index in [4.69, 9.17) is 15.0 Å². The first-order valence-electron chi connectivity index (χ1n) is 23.7. The Balaban J connectivity index is 1.01. The second kappa shape index (κ2) is 16.3. The van der Waals surface area contributed by atoms with Crippen molar-refractivity contribution in [3.05, 3.63) is 243 Å². The van der Waals surface area contributed by atoms with Crippen molar-refractivity contribution in [3.8, 4) is 73.2 Å². The van der Waals surface area contributed by atoms with Crippen molar-refractivity contribution < 1.29 is 0 Å². The summed E-state index contributed by atoms with van der Waals surface area (Å²) in [5.74, 6) is 1.84. The number of nitrogens with zero attached hydrogens (tertiary/aromatic N) is 4. The van der Waals surface area contributed by atoms with E-state index in [1.807, 2.05) is 29.5 Å². The molecule has 0 aliphatic rings. The number of thiophene rings is 1. The van der Waals surface area contributed by atoms with E-state index >= 15 is 0 Å². The molecule has 326 valence electrons. The van der Waals surface area contributed by atoms with Gasteiger partial charge in [0, 0.05) is 53.3 Å². The Kier molecular flexibility index (Phi) is 9.36. The maximum absolute atomic E-state index is 5.44. The summed E-state index contributed by atoms with van der Waals surface area (Å²) in [7, 11) is 0. The predicted octanol–water partition coefficient (Wildman–Crippen LogP) is 17.6. The van der Waals surface area contributed by atoms with Gasteiger partial charge in [0.05, 0.1) is 11.0 Å². The van der Waals surface area contributed by atoms with Crippen LogP contribution in [0.1, 0.15) is 0 Å². The fourth-order valence-corrected chi connectivity index (χ4v) is 11.6. The smallest absolute Gasteiger partial charge is 0.164 e. The molecule has 14 aromatic rings. The van der Waals surface area contributed by atoms with Crippen LogP contribution in [0, 0.1) is 0 Å². The van der Waals surface area contributed by atoms with Gasteiger partial charge in [-0.2, -0.15) is 0 Å². The lowest BCUT2D eigenvalue weighted by molar-refractivity contribution is 1.07. The standard InChI is InChI=1S/C65H40N4S/c1-3-15-41(16-4-1)42-27-29-43(30-28-42)44-31-33-46(34-32-44)64-66-63(45-17-5-2-6-18-45)67-65(68-64)53-36-35-50(69-57-25-13-11-23-52(57)55-37-47-19-7-8-20-48(47)38-58(55)69)40-56(53)61-51-22-10-9-21-49(51)39-60-62(61)54-24-12-14-26-59(54)70-60/h1-40H. The first-order chi connectivity index (χ1) is 34.7. The second-order valence-electron chi connectivity index (χ2n) is 17.9. The van der Waals surface area contributed by atoms with Crippen LogP contribution in [0.3, 0.4) is 0 Å². The number of aromatic nitrogens is 4. The van der Waals surface area contributed by atoms with Gasteiger partial charge < -0.3 is 4.57 Å². The Morgan fingerprint density at radius 3 is 1.51 bits per heavy atom. The molecule has 0 radical (unpaired) electrons. The molecule has 11 aromatic carbocycles. The highest BCUT2D eigenvalue weighted by Crippen LogP contribution is 2.48. The topological polar surface area (TPSA) is 43.6 Å². The second-order valence-corrected chi connectivity index (χ2v) is 19.0. The quantitative estimate of drug-likeness (QED) is 0.160. The van der Waals surface area contributed by atoms with Gasteiger partial charge >= 0.3 is 0 Å². The molecule has 0 amide bonds. The van der Waals surface area contributed by atoms with E-state index in [1.54, 1.807) is 0 Å². The molecule has 0 spiro atoms. The number of hydrogen-bond donors (Lipinski definition) is 0. The van der Waals surface area contributed by atoms with Gasteiger partial charge in [-0.25, -0.2) is 15.0 Å². The highest BCUT2D eigenvalue weighted by molar-refractivity contribution is 7.26. The van der Waals surface area contributed by atoms with Gasteiger partial charge in [0.15, 0.2) is 17.5 Å². The van der Waals surface area contributed by atoms with Crippen molar-refractivity contribution in [1.82, 2.24) is 19.5 Å². The Bertz CT molecular complexity index is 4330. The largest absolute Gasteiger partial charge is 0.309 e. The van der Waals surface area contributed by atoms with Crippen LogP contribution >= 0.6 is 11.3 Å². The van der Waals surface area contributed by atoms with Crippen molar-refractivity contribution in [2.45, 2.75) is 0 Å². The number of fused-ring (bicyclic) bond motifs is 8. The van der Waals surface area contributed by atoms with Crippen LogP contribution in [0.5, 0.6) is 0 Å². The molecular weight excluding hydrogens is 869 g/mol. The van der Waals surface area contributed by atoms with Crippen molar-refractivity contribution in [3.63, 3.8) is 0 Å². The monoisotopic (exact) mass is 908 g/mol. The SMILES string of the molecule is c1ccc(-c2ccc(-c3ccc(-c4nc(-c5ccccc5)nc(-c5ccc(-n6c7ccccc7c7cc8ccccc8cc76)cc5-c5c6ccccc6cc6sc7ccccc7c56)n4)cc3)cc2)cc1. The van der Waals surface area contributed by atoms with Crippen LogP contribution in [0.15, 0.2) is 243 Å². The average Bonchev–Trinajstić information content (AvgIpc) is 3.97. The minimum atomic E-state index is 0.611. The van der Waals surface area contributed by atoms with Crippen LogP contribution in [0.25, 0.3) is 137 Å². The van der Waals surface area contributed by atoms with E-state index in [2.05, 4.69) is 229 Å². The summed E-state index contributed by atoms with van der Waals surface area (Å²) in [6, 6.07) is 87.1. The van der Waals surface area contributed by atoms with Crippen LogP contribution in [-0.2, 0) is 0 Å². The molecule has 5 heteroatoms. The van der Waals surface area contributed by atoms with Gasteiger partial charge in [-0.15, -0.1) is 11.3 Å². The molecule has 0 saturated heterocycles. The zero-order valence-electron chi connectivity index (χ0n) is 37.8. The Morgan fingerprint density at radius 1 is 0.300 bits per heavy atom. The van der Waals surface area contributed by atoms with Crippen molar-refractivity contribution in [2.75, 3.05) is 0 Å². The normalized spacial score (nSPS) is 11.7. The van der Waals surface area contributed by atoms with Gasteiger partial charge in [-0.3, -0.25) is 0 Å². The summed E-state index contributed by atoms with van der Waals surface area (Å²) in [6.07, 6.45) is 0. The molecule has 70 heavy (non-hydrogen) atoms. The van der Waals surface area contributed by atoms with Crippen molar-refractivity contribution in [2.24, 2.45) is 0 Å². The summed E-state index contributed by atoms with van der Waals surface area (Å²) in [4.78, 5) is 16.0. The van der Waals surface area contributed by atoms with Crippen LogP contribution in [0.4, 0.5) is 0 Å². The summed E-state index contributed by atoms with van der Waals surface area (Å²) >= 11 is 1.85. The molecule has 0 bridgehead atoms. The zero-order chi connectivity index (χ0) is 46.1. The lowest BCUT2D eigenvalue weighted by Gasteiger charge is -2.18. The van der Waals surface area contributed by atoms with E-state index in [1.165, 1.54) is 69.2 Å². The maximum atomic E-state index is 5.44. The third-order valence-electron chi connectivity index (χ3n) is 13.8. The third kappa shape index (κ3) is 6.70. The van der Waals surface area contributed by atoms with Gasteiger partial charge in [0.1, 0.15) is 0 Å². The van der Waals surface area contributed by atoms with Gasteiger partial charge in [-0.1, -0.05) is 194 Å². The van der Waals surface area contributed by atoms with Gasteiger partial charge in [0.2, 0.25) is 0 Å². The number of benzene rings is 11. The fraction of sp³-hybridized carbons (Fsp3) is 0. The molecule has 3 heterocycles.